The van der Waals surface area contributed by atoms with Crippen LogP contribution in [0.2, 0.25) is 0 Å². The fraction of sp³-hybridized carbons (Fsp3) is 0.200. The Hall–Kier alpha value is -4.64. The average Bonchev–Trinajstić information content (AvgIpc) is 2.98. The van der Waals surface area contributed by atoms with E-state index in [1.54, 1.807) is 0 Å². The molecule has 4 rings (SSSR count). The van der Waals surface area contributed by atoms with E-state index in [2.05, 4.69) is 117 Å². The number of hydrogen-bond donors (Lipinski definition) is 0. The molecule has 0 unspecified atom stereocenters. The second kappa shape index (κ2) is 13.4. The molecule has 0 saturated heterocycles. The van der Waals surface area contributed by atoms with E-state index in [1.807, 2.05) is 0 Å². The highest BCUT2D eigenvalue weighted by atomic mass is 16.5. The lowest BCUT2D eigenvalue weighted by atomic mass is 9.92. The zero-order valence-corrected chi connectivity index (χ0v) is 23.1. The third-order valence-corrected chi connectivity index (χ3v) is 7.13. The van der Waals surface area contributed by atoms with Crippen LogP contribution in [0.5, 0.6) is 0 Å². The SMILES string of the molecule is C=CC(=O)OCCC(CCOC(=O)C=C)c1ccc(N(c2ccc(C)c(C)c2)c2cccc3ccccc23)cc1. The number of nitrogens with zero attached hydrogens (tertiary/aromatic N) is 1. The van der Waals surface area contributed by atoms with Crippen molar-refractivity contribution in [3.05, 3.63) is 127 Å². The summed E-state index contributed by atoms with van der Waals surface area (Å²) in [6.07, 6.45) is 3.50. The average molecular weight is 534 g/mol. The summed E-state index contributed by atoms with van der Waals surface area (Å²) >= 11 is 0. The predicted molar refractivity (Wildman–Crippen MR) is 162 cm³/mol. The smallest absolute Gasteiger partial charge is 0.330 e. The van der Waals surface area contributed by atoms with Crippen LogP contribution < -0.4 is 4.90 Å². The Bertz CT molecular complexity index is 1470. The van der Waals surface area contributed by atoms with Gasteiger partial charge in [0.1, 0.15) is 0 Å². The van der Waals surface area contributed by atoms with Crippen LogP contribution in [-0.4, -0.2) is 25.2 Å². The normalized spacial score (nSPS) is 10.8. The van der Waals surface area contributed by atoms with Crippen molar-refractivity contribution in [3.8, 4) is 0 Å². The summed E-state index contributed by atoms with van der Waals surface area (Å²) in [6, 6.07) is 29.7. The van der Waals surface area contributed by atoms with Crippen molar-refractivity contribution < 1.29 is 19.1 Å². The number of carbonyl (C=O) groups is 2. The van der Waals surface area contributed by atoms with Gasteiger partial charge in [-0.15, -0.1) is 0 Å². The van der Waals surface area contributed by atoms with Gasteiger partial charge < -0.3 is 14.4 Å². The highest BCUT2D eigenvalue weighted by Crippen LogP contribution is 2.40. The van der Waals surface area contributed by atoms with Crippen molar-refractivity contribution in [2.45, 2.75) is 32.6 Å². The predicted octanol–water partition coefficient (Wildman–Crippen LogP) is 8.25. The Morgan fingerprint density at radius 2 is 1.35 bits per heavy atom. The Kier molecular flexibility index (Phi) is 9.53. The van der Waals surface area contributed by atoms with E-state index in [0.717, 1.165) is 34.8 Å². The van der Waals surface area contributed by atoms with Crippen LogP contribution in [0.15, 0.2) is 110 Å². The molecule has 5 nitrogen and oxygen atoms in total. The number of aryl methyl sites for hydroxylation is 2. The molecule has 0 bridgehead atoms. The zero-order chi connectivity index (χ0) is 28.5. The van der Waals surface area contributed by atoms with Crippen LogP contribution in [0.1, 0.15) is 35.4 Å². The first-order valence-electron chi connectivity index (χ1n) is 13.4. The molecule has 0 aliphatic carbocycles. The number of benzene rings is 4. The number of ether oxygens (including phenoxy) is 2. The van der Waals surface area contributed by atoms with Gasteiger partial charge in [-0.2, -0.15) is 0 Å². The van der Waals surface area contributed by atoms with Crippen LogP contribution >= 0.6 is 0 Å². The lowest BCUT2D eigenvalue weighted by Gasteiger charge is -2.28. The van der Waals surface area contributed by atoms with E-state index >= 15 is 0 Å². The van der Waals surface area contributed by atoms with Gasteiger partial charge in [-0.25, -0.2) is 9.59 Å². The maximum atomic E-state index is 11.6. The first-order chi connectivity index (χ1) is 19.4. The summed E-state index contributed by atoms with van der Waals surface area (Å²) in [4.78, 5) is 25.4. The maximum absolute atomic E-state index is 11.6. The van der Waals surface area contributed by atoms with Gasteiger partial charge in [0, 0.05) is 28.9 Å². The lowest BCUT2D eigenvalue weighted by molar-refractivity contribution is -0.138. The van der Waals surface area contributed by atoms with Gasteiger partial charge >= 0.3 is 11.9 Å². The Balaban J connectivity index is 1.69. The molecular weight excluding hydrogens is 498 g/mol. The van der Waals surface area contributed by atoms with E-state index in [-0.39, 0.29) is 19.1 Å². The van der Waals surface area contributed by atoms with Gasteiger partial charge in [0.2, 0.25) is 0 Å². The maximum Gasteiger partial charge on any atom is 0.330 e. The van der Waals surface area contributed by atoms with E-state index in [4.69, 9.17) is 9.47 Å². The Morgan fingerprint density at radius 3 is 1.98 bits per heavy atom. The van der Waals surface area contributed by atoms with E-state index < -0.39 is 11.9 Å². The number of esters is 2. The highest BCUT2D eigenvalue weighted by Gasteiger charge is 2.18. The summed E-state index contributed by atoms with van der Waals surface area (Å²) in [6.45, 7) is 11.7. The molecule has 0 fully saturated rings. The number of hydrogen-bond acceptors (Lipinski definition) is 5. The molecular formula is C35H35NO4. The van der Waals surface area contributed by atoms with E-state index in [0.29, 0.717) is 12.8 Å². The molecule has 0 saturated carbocycles. The monoisotopic (exact) mass is 533 g/mol. The van der Waals surface area contributed by atoms with Crippen molar-refractivity contribution in [2.75, 3.05) is 18.1 Å². The number of anilines is 3. The highest BCUT2D eigenvalue weighted by molar-refractivity contribution is 5.98. The minimum absolute atomic E-state index is 0.0249. The molecule has 0 heterocycles. The molecule has 0 radical (unpaired) electrons. The van der Waals surface area contributed by atoms with Gasteiger partial charge in [-0.1, -0.05) is 67.8 Å². The Morgan fingerprint density at radius 1 is 0.750 bits per heavy atom. The first kappa shape index (κ1) is 28.4. The van der Waals surface area contributed by atoms with Crippen molar-refractivity contribution in [1.82, 2.24) is 0 Å². The molecule has 0 atom stereocenters. The third kappa shape index (κ3) is 6.86. The molecule has 4 aromatic rings. The molecule has 0 N–H and O–H groups in total. The molecule has 0 aromatic heterocycles. The van der Waals surface area contributed by atoms with Gasteiger partial charge in [0.15, 0.2) is 0 Å². The topological polar surface area (TPSA) is 55.8 Å². The van der Waals surface area contributed by atoms with Crippen LogP contribution in [0.25, 0.3) is 10.8 Å². The Labute approximate surface area is 236 Å². The molecule has 4 aromatic carbocycles. The van der Waals surface area contributed by atoms with Crippen LogP contribution in [0, 0.1) is 13.8 Å². The second-order valence-corrected chi connectivity index (χ2v) is 9.71. The molecule has 0 aliphatic rings. The van der Waals surface area contributed by atoms with Crippen LogP contribution in [0.4, 0.5) is 17.1 Å². The van der Waals surface area contributed by atoms with Crippen molar-refractivity contribution in [3.63, 3.8) is 0 Å². The minimum Gasteiger partial charge on any atom is -0.463 e. The number of rotatable bonds is 12. The summed E-state index contributed by atoms with van der Waals surface area (Å²) in [5.74, 6) is -0.880. The van der Waals surface area contributed by atoms with Gasteiger partial charge in [0.05, 0.1) is 18.9 Å². The molecule has 204 valence electrons. The molecule has 0 amide bonds. The molecule has 5 heteroatoms. The van der Waals surface area contributed by atoms with E-state index in [1.165, 1.54) is 21.9 Å². The van der Waals surface area contributed by atoms with Crippen molar-refractivity contribution in [2.24, 2.45) is 0 Å². The molecule has 40 heavy (non-hydrogen) atoms. The first-order valence-corrected chi connectivity index (χ1v) is 13.4. The quantitative estimate of drug-likeness (QED) is 0.136. The van der Waals surface area contributed by atoms with Gasteiger partial charge in [-0.3, -0.25) is 0 Å². The molecule has 0 spiro atoms. The summed E-state index contributed by atoms with van der Waals surface area (Å²) < 4.78 is 10.5. The second-order valence-electron chi connectivity index (χ2n) is 9.71. The largest absolute Gasteiger partial charge is 0.463 e. The number of carbonyl (C=O) groups excluding carboxylic acids is 2. The zero-order valence-electron chi connectivity index (χ0n) is 23.1. The summed E-state index contributed by atoms with van der Waals surface area (Å²) in [5, 5.41) is 2.34. The van der Waals surface area contributed by atoms with Crippen LogP contribution in [-0.2, 0) is 19.1 Å². The fourth-order valence-electron chi connectivity index (χ4n) is 4.79. The number of fused-ring (bicyclic) bond motifs is 1. The summed E-state index contributed by atoms with van der Waals surface area (Å²) in [7, 11) is 0. The third-order valence-electron chi connectivity index (χ3n) is 7.13. The van der Waals surface area contributed by atoms with Crippen molar-refractivity contribution >= 4 is 39.8 Å². The van der Waals surface area contributed by atoms with Gasteiger partial charge in [0.25, 0.3) is 0 Å². The fourth-order valence-corrected chi connectivity index (χ4v) is 4.79. The standard InChI is InChI=1S/C35H35NO4/c1-5-34(37)39-22-20-28(21-23-40-35(38)6-2)27-15-18-30(19-16-27)36(31-17-14-25(3)26(4)24-31)33-13-9-11-29-10-7-8-12-32(29)33/h5-19,24,28H,1-2,20-23H2,3-4H3. The summed E-state index contributed by atoms with van der Waals surface area (Å²) in [5.41, 5.74) is 6.75. The van der Waals surface area contributed by atoms with E-state index in [9.17, 15) is 9.59 Å². The van der Waals surface area contributed by atoms with Gasteiger partial charge in [-0.05, 0) is 85.0 Å². The molecule has 0 aliphatic heterocycles. The van der Waals surface area contributed by atoms with Crippen molar-refractivity contribution in [1.29, 1.82) is 0 Å². The minimum atomic E-state index is -0.452. The lowest BCUT2D eigenvalue weighted by Crippen LogP contribution is -2.13. The van der Waals surface area contributed by atoms with Crippen LogP contribution in [0.3, 0.4) is 0 Å².